The molecule has 0 N–H and O–H groups in total. The first-order chi connectivity index (χ1) is 13.7. The zero-order chi connectivity index (χ0) is 19.8. The lowest BCUT2D eigenvalue weighted by Gasteiger charge is -2.38. The first-order valence-electron chi connectivity index (χ1n) is 11.7. The third-order valence-electron chi connectivity index (χ3n) is 7.28. The molecule has 28 heavy (non-hydrogen) atoms. The van der Waals surface area contributed by atoms with Gasteiger partial charge in [-0.05, 0) is 74.3 Å². The molecule has 2 fully saturated rings. The quantitative estimate of drug-likeness (QED) is 0.291. The Morgan fingerprint density at radius 2 is 1.46 bits per heavy atom. The normalized spacial score (nSPS) is 30.7. The van der Waals surface area contributed by atoms with Crippen LogP contribution < -0.4 is 0 Å². The molecule has 0 radical (unpaired) electrons. The van der Waals surface area contributed by atoms with Crippen LogP contribution in [0.25, 0.3) is 0 Å². The third-order valence-corrected chi connectivity index (χ3v) is 8.31. The molecule has 3 rings (SSSR count). The van der Waals surface area contributed by atoms with Crippen molar-refractivity contribution < 1.29 is 8.78 Å². The van der Waals surface area contributed by atoms with Gasteiger partial charge in [-0.3, -0.25) is 0 Å². The fourth-order valence-corrected chi connectivity index (χ4v) is 6.40. The second kappa shape index (κ2) is 11.6. The molecule has 2 saturated carbocycles. The summed E-state index contributed by atoms with van der Waals surface area (Å²) in [4.78, 5) is 0.821. The van der Waals surface area contributed by atoms with Crippen LogP contribution in [-0.4, -0.2) is 11.7 Å². The van der Waals surface area contributed by atoms with Crippen molar-refractivity contribution in [1.29, 1.82) is 0 Å². The second-order valence-electron chi connectivity index (χ2n) is 9.18. The van der Waals surface area contributed by atoms with Gasteiger partial charge in [0.1, 0.15) is 6.17 Å². The lowest BCUT2D eigenvalue weighted by molar-refractivity contribution is 0.0869. The Bertz CT molecular complexity index is 533. The highest BCUT2D eigenvalue weighted by Gasteiger charge is 2.36. The summed E-state index contributed by atoms with van der Waals surface area (Å²) in [6, 6.07) is 9.39. The molecule has 3 heteroatoms. The Kier molecular flexibility index (Phi) is 9.14. The van der Waals surface area contributed by atoms with Crippen molar-refractivity contribution >= 4 is 11.8 Å². The summed E-state index contributed by atoms with van der Waals surface area (Å²) >= 11 is 1.04. The maximum Gasteiger partial charge on any atom is 0.181 e. The maximum absolute atomic E-state index is 14.7. The lowest BCUT2D eigenvalue weighted by Crippen LogP contribution is -2.31. The highest BCUT2D eigenvalue weighted by atomic mass is 32.2. The van der Waals surface area contributed by atoms with E-state index in [4.69, 9.17) is 0 Å². The predicted molar refractivity (Wildman–Crippen MR) is 117 cm³/mol. The van der Waals surface area contributed by atoms with Crippen LogP contribution in [0.5, 0.6) is 0 Å². The molecule has 0 nitrogen and oxygen atoms in total. The first kappa shape index (κ1) is 22.1. The molecular formula is C25H38F2S. The monoisotopic (exact) mass is 408 g/mol. The largest absolute Gasteiger partial charge is 0.243 e. The molecule has 2 atom stereocenters. The number of hydrogen-bond donors (Lipinski definition) is 0. The molecule has 0 unspecified atom stereocenters. The number of alkyl halides is 2. The summed E-state index contributed by atoms with van der Waals surface area (Å²) in [6.07, 6.45) is 13.7. The van der Waals surface area contributed by atoms with E-state index in [0.717, 1.165) is 60.1 Å². The van der Waals surface area contributed by atoms with Gasteiger partial charge in [-0.2, -0.15) is 0 Å². The Balaban J connectivity index is 1.37. The summed E-state index contributed by atoms with van der Waals surface area (Å²) in [5, 5.41) is 0. The molecule has 0 saturated heterocycles. The number of benzene rings is 1. The molecule has 0 spiro atoms. The van der Waals surface area contributed by atoms with Crippen LogP contribution in [0.3, 0.4) is 0 Å². The summed E-state index contributed by atoms with van der Waals surface area (Å²) in [6.45, 7) is 2.28. The van der Waals surface area contributed by atoms with Gasteiger partial charge < -0.3 is 0 Å². The lowest BCUT2D eigenvalue weighted by atomic mass is 9.68. The first-order valence-corrected chi connectivity index (χ1v) is 12.5. The van der Waals surface area contributed by atoms with E-state index in [1.54, 1.807) is 0 Å². The van der Waals surface area contributed by atoms with Crippen molar-refractivity contribution in [3.63, 3.8) is 0 Å². The highest BCUT2D eigenvalue weighted by molar-refractivity contribution is 7.99. The van der Waals surface area contributed by atoms with E-state index in [0.29, 0.717) is 0 Å². The topological polar surface area (TPSA) is 0 Å². The van der Waals surface area contributed by atoms with E-state index in [1.165, 1.54) is 51.4 Å². The fraction of sp³-hybridized carbons (Fsp3) is 0.760. The Morgan fingerprint density at radius 3 is 2.07 bits per heavy atom. The van der Waals surface area contributed by atoms with Crippen LogP contribution in [0, 0.1) is 23.7 Å². The highest BCUT2D eigenvalue weighted by Crippen LogP contribution is 2.44. The molecule has 2 aliphatic carbocycles. The van der Waals surface area contributed by atoms with E-state index in [1.807, 2.05) is 30.3 Å². The van der Waals surface area contributed by atoms with Crippen molar-refractivity contribution in [3.05, 3.63) is 30.3 Å². The molecule has 0 heterocycles. The van der Waals surface area contributed by atoms with Crippen LogP contribution in [0.4, 0.5) is 8.78 Å². The van der Waals surface area contributed by atoms with Gasteiger partial charge in [0.2, 0.25) is 0 Å². The molecule has 0 aromatic heterocycles. The smallest absolute Gasteiger partial charge is 0.181 e. The zero-order valence-electron chi connectivity index (χ0n) is 17.5. The number of halogens is 2. The van der Waals surface area contributed by atoms with Gasteiger partial charge in [0, 0.05) is 4.90 Å². The van der Waals surface area contributed by atoms with E-state index < -0.39 is 11.7 Å². The maximum atomic E-state index is 14.7. The van der Waals surface area contributed by atoms with Crippen LogP contribution in [0.15, 0.2) is 35.2 Å². The molecule has 0 bridgehead atoms. The fourth-order valence-electron chi connectivity index (χ4n) is 5.47. The van der Waals surface area contributed by atoms with Crippen molar-refractivity contribution in [1.82, 2.24) is 0 Å². The zero-order valence-corrected chi connectivity index (χ0v) is 18.3. The molecule has 0 aliphatic heterocycles. The molecule has 1 aromatic carbocycles. The second-order valence-corrected chi connectivity index (χ2v) is 10.3. The average molecular weight is 409 g/mol. The van der Waals surface area contributed by atoms with Gasteiger partial charge in [-0.1, -0.05) is 75.4 Å². The van der Waals surface area contributed by atoms with E-state index in [2.05, 4.69) is 6.92 Å². The van der Waals surface area contributed by atoms with Gasteiger partial charge in [0.05, 0.1) is 0 Å². The average Bonchev–Trinajstić information content (AvgIpc) is 2.75. The van der Waals surface area contributed by atoms with Gasteiger partial charge in [0.25, 0.3) is 0 Å². The van der Waals surface area contributed by atoms with Crippen LogP contribution >= 0.6 is 11.8 Å². The van der Waals surface area contributed by atoms with Gasteiger partial charge in [0.15, 0.2) is 5.50 Å². The van der Waals surface area contributed by atoms with E-state index >= 15 is 0 Å². The van der Waals surface area contributed by atoms with Crippen molar-refractivity contribution in [2.45, 2.75) is 101 Å². The summed E-state index contributed by atoms with van der Waals surface area (Å²) in [5.74, 6) is 2.48. The van der Waals surface area contributed by atoms with E-state index in [9.17, 15) is 8.78 Å². The Labute approximate surface area is 175 Å². The standard InChI is InChI=1S/C25H38F2S/c1-2-3-5-8-19-11-13-20(14-12-19)21-15-17-22(18-16-21)24(26)25(27)28-23-9-6-4-7-10-23/h4,6-7,9-10,19-22,24-25H,2-3,5,8,11-18H2,1H3/t19?,20?,21?,22?,24-,25-/m1/s1. The third kappa shape index (κ3) is 6.47. The predicted octanol–water partition coefficient (Wildman–Crippen LogP) is 8.61. The Morgan fingerprint density at radius 1 is 0.857 bits per heavy atom. The van der Waals surface area contributed by atoms with Gasteiger partial charge in [-0.15, -0.1) is 0 Å². The molecule has 0 amide bonds. The van der Waals surface area contributed by atoms with Gasteiger partial charge >= 0.3 is 0 Å². The number of hydrogen-bond acceptors (Lipinski definition) is 1. The minimum Gasteiger partial charge on any atom is -0.243 e. The Hall–Kier alpha value is -0.570. The van der Waals surface area contributed by atoms with Crippen molar-refractivity contribution in [2.75, 3.05) is 0 Å². The molecular weight excluding hydrogens is 370 g/mol. The summed E-state index contributed by atoms with van der Waals surface area (Å²) < 4.78 is 29.2. The van der Waals surface area contributed by atoms with Crippen LogP contribution in [-0.2, 0) is 0 Å². The van der Waals surface area contributed by atoms with Crippen molar-refractivity contribution in [2.24, 2.45) is 23.7 Å². The minimum atomic E-state index is -1.44. The molecule has 158 valence electrons. The minimum absolute atomic E-state index is 0.0900. The van der Waals surface area contributed by atoms with Crippen LogP contribution in [0.2, 0.25) is 0 Å². The SMILES string of the molecule is CCCCCC1CCC(C2CCC([C@@H](F)[C@H](F)Sc3ccccc3)CC2)CC1. The number of unbranched alkanes of at least 4 members (excludes halogenated alkanes) is 2. The number of thioether (sulfide) groups is 1. The number of rotatable bonds is 9. The van der Waals surface area contributed by atoms with E-state index in [-0.39, 0.29) is 5.92 Å². The van der Waals surface area contributed by atoms with Gasteiger partial charge in [-0.25, -0.2) is 8.78 Å². The van der Waals surface area contributed by atoms with Crippen molar-refractivity contribution in [3.8, 4) is 0 Å². The summed E-state index contributed by atoms with van der Waals surface area (Å²) in [5.41, 5.74) is -1.44. The van der Waals surface area contributed by atoms with Crippen LogP contribution in [0.1, 0.15) is 84.0 Å². The molecule has 1 aromatic rings. The molecule has 2 aliphatic rings. The summed E-state index contributed by atoms with van der Waals surface area (Å²) in [7, 11) is 0.